The van der Waals surface area contributed by atoms with Crippen molar-refractivity contribution in [2.24, 2.45) is 0 Å². The molecule has 1 saturated heterocycles. The summed E-state index contributed by atoms with van der Waals surface area (Å²) in [4.78, 5) is 23.2. The molecule has 0 aromatic carbocycles. The summed E-state index contributed by atoms with van der Waals surface area (Å²) in [5, 5.41) is 2.51. The van der Waals surface area contributed by atoms with Crippen LogP contribution < -0.4 is 5.32 Å². The van der Waals surface area contributed by atoms with E-state index < -0.39 is 10.9 Å². The molecule has 4 nitrogen and oxygen atoms in total. The second-order valence-corrected chi connectivity index (χ2v) is 4.20. The van der Waals surface area contributed by atoms with Gasteiger partial charge in [-0.05, 0) is 12.8 Å². The molecule has 0 unspecified atom stereocenters. The molecule has 0 aromatic rings. The fraction of sp³-hybridized carbons (Fsp3) is 0.750. The van der Waals surface area contributed by atoms with Crippen molar-refractivity contribution in [2.45, 2.75) is 23.7 Å². The van der Waals surface area contributed by atoms with E-state index in [0.29, 0.717) is 13.0 Å². The summed E-state index contributed by atoms with van der Waals surface area (Å²) in [7, 11) is 1.54. The standard InChI is InChI=1S/C8H12Cl2N2O2/c1-11-7(13)5-3-2-4-12(5)8(14)6(9)10/h5-6H,2-4H2,1H3,(H,11,13)/t5-/m1/s1. The molecule has 14 heavy (non-hydrogen) atoms. The Labute approximate surface area is 92.5 Å². The maximum Gasteiger partial charge on any atom is 0.256 e. The van der Waals surface area contributed by atoms with Gasteiger partial charge >= 0.3 is 0 Å². The molecule has 0 aromatic heterocycles. The van der Waals surface area contributed by atoms with Crippen molar-refractivity contribution in [3.05, 3.63) is 0 Å². The van der Waals surface area contributed by atoms with Crippen LogP contribution in [-0.4, -0.2) is 41.2 Å². The van der Waals surface area contributed by atoms with E-state index in [4.69, 9.17) is 23.2 Å². The zero-order valence-electron chi connectivity index (χ0n) is 7.80. The number of likely N-dealkylation sites (tertiary alicyclic amines) is 1. The molecule has 6 heteroatoms. The van der Waals surface area contributed by atoms with Crippen LogP contribution >= 0.6 is 23.2 Å². The maximum absolute atomic E-state index is 11.5. The summed E-state index contributed by atoms with van der Waals surface area (Å²) >= 11 is 10.9. The van der Waals surface area contributed by atoms with Crippen molar-refractivity contribution in [3.8, 4) is 0 Å². The molecule has 1 heterocycles. The number of alkyl halides is 2. The molecule has 0 saturated carbocycles. The van der Waals surface area contributed by atoms with E-state index in [1.807, 2.05) is 0 Å². The Morgan fingerprint density at radius 3 is 2.64 bits per heavy atom. The molecule has 0 spiro atoms. The van der Waals surface area contributed by atoms with Gasteiger partial charge in [-0.1, -0.05) is 23.2 Å². The Bertz CT molecular complexity index is 245. The maximum atomic E-state index is 11.5. The van der Waals surface area contributed by atoms with Gasteiger partial charge in [-0.2, -0.15) is 0 Å². The minimum atomic E-state index is -1.08. The van der Waals surface area contributed by atoms with Gasteiger partial charge < -0.3 is 10.2 Å². The summed E-state index contributed by atoms with van der Waals surface area (Å²) in [5.74, 6) is -0.552. The Kier molecular flexibility index (Phi) is 4.01. The normalized spacial score (nSPS) is 21.4. The number of amides is 2. The number of carbonyl (C=O) groups is 2. The third-order valence-electron chi connectivity index (χ3n) is 2.27. The second-order valence-electron chi connectivity index (χ2n) is 3.10. The van der Waals surface area contributed by atoms with Crippen molar-refractivity contribution < 1.29 is 9.59 Å². The van der Waals surface area contributed by atoms with E-state index in [9.17, 15) is 9.59 Å². The molecular weight excluding hydrogens is 227 g/mol. The zero-order valence-corrected chi connectivity index (χ0v) is 9.31. The van der Waals surface area contributed by atoms with Crippen LogP contribution in [0.3, 0.4) is 0 Å². The Hall–Kier alpha value is -0.480. The second kappa shape index (κ2) is 4.84. The van der Waals surface area contributed by atoms with Gasteiger partial charge in [0.1, 0.15) is 6.04 Å². The lowest BCUT2D eigenvalue weighted by atomic mass is 10.2. The zero-order chi connectivity index (χ0) is 10.7. The monoisotopic (exact) mass is 238 g/mol. The summed E-state index contributed by atoms with van der Waals surface area (Å²) in [6.45, 7) is 0.548. The SMILES string of the molecule is CNC(=O)[C@H]1CCCN1C(=O)C(Cl)Cl. The van der Waals surface area contributed by atoms with Gasteiger partial charge in [-0.25, -0.2) is 0 Å². The molecular formula is C8H12Cl2N2O2. The number of nitrogens with zero attached hydrogens (tertiary/aromatic N) is 1. The van der Waals surface area contributed by atoms with Crippen LogP contribution in [-0.2, 0) is 9.59 Å². The Morgan fingerprint density at radius 1 is 1.50 bits per heavy atom. The van der Waals surface area contributed by atoms with Gasteiger partial charge in [0.2, 0.25) is 5.91 Å². The third kappa shape index (κ3) is 2.30. The smallest absolute Gasteiger partial charge is 0.256 e. The average Bonchev–Trinajstić information content (AvgIpc) is 2.63. The molecule has 1 rings (SSSR count). The number of halogens is 2. The lowest BCUT2D eigenvalue weighted by Gasteiger charge is -2.23. The Morgan fingerprint density at radius 2 is 2.14 bits per heavy atom. The van der Waals surface area contributed by atoms with E-state index in [1.54, 1.807) is 7.05 Å². The first kappa shape index (κ1) is 11.6. The summed E-state index contributed by atoms with van der Waals surface area (Å²) in [5.41, 5.74) is 0. The lowest BCUT2D eigenvalue weighted by Crippen LogP contribution is -2.46. The van der Waals surface area contributed by atoms with Crippen LogP contribution in [0.5, 0.6) is 0 Å². The highest BCUT2D eigenvalue weighted by Gasteiger charge is 2.35. The number of rotatable bonds is 2. The van der Waals surface area contributed by atoms with Crippen LogP contribution in [0.4, 0.5) is 0 Å². The summed E-state index contributed by atoms with van der Waals surface area (Å²) in [6, 6.07) is -0.410. The molecule has 80 valence electrons. The number of nitrogens with one attached hydrogen (secondary N) is 1. The van der Waals surface area contributed by atoms with Crippen LogP contribution in [0.25, 0.3) is 0 Å². The van der Waals surface area contributed by atoms with E-state index >= 15 is 0 Å². The minimum Gasteiger partial charge on any atom is -0.357 e. The fourth-order valence-corrected chi connectivity index (χ4v) is 1.85. The first-order valence-corrected chi connectivity index (χ1v) is 5.25. The highest BCUT2D eigenvalue weighted by atomic mass is 35.5. The van der Waals surface area contributed by atoms with Crippen LogP contribution in [0.15, 0.2) is 0 Å². The van der Waals surface area contributed by atoms with Crippen molar-refractivity contribution in [3.63, 3.8) is 0 Å². The van der Waals surface area contributed by atoms with Gasteiger partial charge in [0.15, 0.2) is 4.84 Å². The van der Waals surface area contributed by atoms with Crippen molar-refractivity contribution in [1.82, 2.24) is 10.2 Å². The van der Waals surface area contributed by atoms with E-state index in [2.05, 4.69) is 5.32 Å². The molecule has 1 atom stereocenters. The number of carbonyl (C=O) groups excluding carboxylic acids is 2. The third-order valence-corrected chi connectivity index (χ3v) is 2.64. The van der Waals surface area contributed by atoms with Crippen molar-refractivity contribution in [2.75, 3.05) is 13.6 Å². The molecule has 0 bridgehead atoms. The number of hydrogen-bond donors (Lipinski definition) is 1. The van der Waals surface area contributed by atoms with E-state index in [1.165, 1.54) is 4.90 Å². The quantitative estimate of drug-likeness (QED) is 0.714. The molecule has 2 amide bonds. The molecule has 1 aliphatic rings. The van der Waals surface area contributed by atoms with Gasteiger partial charge in [-0.3, -0.25) is 9.59 Å². The topological polar surface area (TPSA) is 49.4 Å². The number of hydrogen-bond acceptors (Lipinski definition) is 2. The van der Waals surface area contributed by atoms with Gasteiger partial charge in [0.25, 0.3) is 5.91 Å². The largest absolute Gasteiger partial charge is 0.357 e. The summed E-state index contributed by atoms with van der Waals surface area (Å²) in [6.07, 6.45) is 1.48. The highest BCUT2D eigenvalue weighted by Crippen LogP contribution is 2.20. The lowest BCUT2D eigenvalue weighted by molar-refractivity contribution is -0.136. The highest BCUT2D eigenvalue weighted by molar-refractivity contribution is 6.53. The Balaban J connectivity index is 2.68. The van der Waals surface area contributed by atoms with Crippen molar-refractivity contribution >= 4 is 35.0 Å². The molecule has 0 aliphatic carbocycles. The van der Waals surface area contributed by atoms with Crippen LogP contribution in [0.2, 0.25) is 0 Å². The predicted octanol–water partition coefficient (Wildman–Crippen LogP) is 0.527. The van der Waals surface area contributed by atoms with Gasteiger partial charge in [0.05, 0.1) is 0 Å². The first-order valence-electron chi connectivity index (χ1n) is 4.38. The minimum absolute atomic E-state index is 0.162. The van der Waals surface area contributed by atoms with E-state index in [-0.39, 0.29) is 11.8 Å². The van der Waals surface area contributed by atoms with Crippen LogP contribution in [0.1, 0.15) is 12.8 Å². The van der Waals surface area contributed by atoms with Crippen molar-refractivity contribution in [1.29, 1.82) is 0 Å². The first-order chi connectivity index (χ1) is 6.57. The molecule has 1 aliphatic heterocycles. The number of likely N-dealkylation sites (N-methyl/N-ethyl adjacent to an activating group) is 1. The average molecular weight is 239 g/mol. The van der Waals surface area contributed by atoms with E-state index in [0.717, 1.165) is 6.42 Å². The summed E-state index contributed by atoms with van der Waals surface area (Å²) < 4.78 is 0. The predicted molar refractivity (Wildman–Crippen MR) is 54.3 cm³/mol. The molecule has 1 N–H and O–H groups in total. The van der Waals surface area contributed by atoms with Crippen LogP contribution in [0, 0.1) is 0 Å². The molecule has 1 fully saturated rings. The van der Waals surface area contributed by atoms with Gasteiger partial charge in [-0.15, -0.1) is 0 Å². The fourth-order valence-electron chi connectivity index (χ4n) is 1.60. The molecule has 0 radical (unpaired) electrons. The van der Waals surface area contributed by atoms with Gasteiger partial charge in [0, 0.05) is 13.6 Å².